The first-order valence-electron chi connectivity index (χ1n) is 17.1. The van der Waals surface area contributed by atoms with Gasteiger partial charge in [-0.2, -0.15) is 0 Å². The molecule has 0 spiro atoms. The van der Waals surface area contributed by atoms with Crippen LogP contribution in [0.1, 0.15) is 100.0 Å². The van der Waals surface area contributed by atoms with Crippen LogP contribution in [0.2, 0.25) is 5.02 Å². The maximum atomic E-state index is 13.9. The van der Waals surface area contributed by atoms with Crippen molar-refractivity contribution in [1.29, 1.82) is 0 Å². The summed E-state index contributed by atoms with van der Waals surface area (Å²) < 4.78 is 11.3. The topological polar surface area (TPSA) is 123 Å². The number of esters is 1. The third-order valence-corrected chi connectivity index (χ3v) is 10.5. The molecule has 3 amide bonds. The van der Waals surface area contributed by atoms with E-state index in [0.717, 1.165) is 62.5 Å². The van der Waals surface area contributed by atoms with Crippen LogP contribution in [0, 0.1) is 11.8 Å². The van der Waals surface area contributed by atoms with Gasteiger partial charge in [-0.15, -0.1) is 0 Å². The van der Waals surface area contributed by atoms with Crippen molar-refractivity contribution < 1.29 is 28.7 Å². The van der Waals surface area contributed by atoms with Crippen LogP contribution in [0.3, 0.4) is 0 Å². The summed E-state index contributed by atoms with van der Waals surface area (Å²) in [5.41, 5.74) is 3.69. The minimum Gasteiger partial charge on any atom is -0.467 e. The molecule has 9 nitrogen and oxygen atoms in total. The Morgan fingerprint density at radius 3 is 2.40 bits per heavy atom. The second-order valence-electron chi connectivity index (χ2n) is 13.9. The van der Waals surface area contributed by atoms with Crippen molar-refractivity contribution >= 4 is 35.5 Å². The highest BCUT2D eigenvalue weighted by Crippen LogP contribution is 2.42. The van der Waals surface area contributed by atoms with E-state index in [1.54, 1.807) is 0 Å². The molecule has 2 aromatic rings. The Morgan fingerprint density at radius 1 is 0.936 bits per heavy atom. The highest BCUT2D eigenvalue weighted by molar-refractivity contribution is 6.30. The van der Waals surface area contributed by atoms with Crippen molar-refractivity contribution in [2.45, 2.75) is 108 Å². The third kappa shape index (κ3) is 8.66. The quantitative estimate of drug-likeness (QED) is 0.236. The molecule has 1 saturated carbocycles. The van der Waals surface area contributed by atoms with E-state index in [1.807, 2.05) is 44.2 Å². The lowest BCUT2D eigenvalue weighted by Crippen LogP contribution is -2.53. The van der Waals surface area contributed by atoms with Gasteiger partial charge in [-0.25, -0.2) is 9.59 Å². The summed E-state index contributed by atoms with van der Waals surface area (Å²) >= 11 is 6.40. The van der Waals surface area contributed by atoms with Gasteiger partial charge in [-0.1, -0.05) is 87.9 Å². The van der Waals surface area contributed by atoms with Crippen molar-refractivity contribution in [1.82, 2.24) is 16.0 Å². The number of hydrogen-bond donors (Lipinski definition) is 3. The lowest BCUT2D eigenvalue weighted by atomic mass is 9.76. The van der Waals surface area contributed by atoms with Crippen LogP contribution in [0.5, 0.6) is 0 Å². The second kappa shape index (κ2) is 15.5. The minimum absolute atomic E-state index is 0.124. The summed E-state index contributed by atoms with van der Waals surface area (Å²) in [6.45, 7) is 4.58. The highest BCUT2D eigenvalue weighted by Gasteiger charge is 2.39. The fourth-order valence-electron chi connectivity index (χ4n) is 7.48. The van der Waals surface area contributed by atoms with E-state index in [0.29, 0.717) is 24.4 Å². The van der Waals surface area contributed by atoms with Gasteiger partial charge in [-0.3, -0.25) is 9.59 Å². The molecular formula is C37H48ClN3O6. The minimum atomic E-state index is -1.02. The summed E-state index contributed by atoms with van der Waals surface area (Å²) in [6, 6.07) is 11.9. The number of halogens is 1. The molecule has 0 radical (unpaired) electrons. The van der Waals surface area contributed by atoms with Crippen molar-refractivity contribution in [2.24, 2.45) is 11.8 Å². The summed E-state index contributed by atoms with van der Waals surface area (Å²) in [5, 5.41) is 9.06. The number of hydrogen-bond acceptors (Lipinski definition) is 6. The zero-order chi connectivity index (χ0) is 33.6. The number of carbonyl (C=O) groups is 4. The fraction of sp³-hybridized carbons (Fsp3) is 0.568. The molecule has 0 aromatic heterocycles. The van der Waals surface area contributed by atoms with E-state index in [9.17, 15) is 19.2 Å². The maximum Gasteiger partial charge on any atom is 0.408 e. The first-order valence-corrected chi connectivity index (χ1v) is 17.4. The largest absolute Gasteiger partial charge is 0.467 e. The number of benzene rings is 2. The van der Waals surface area contributed by atoms with Gasteiger partial charge in [0.05, 0.1) is 7.11 Å². The Balaban J connectivity index is 1.38. The molecule has 4 atom stereocenters. The van der Waals surface area contributed by atoms with Gasteiger partial charge in [0.15, 0.2) is 0 Å². The number of methoxy groups -OCH3 is 1. The summed E-state index contributed by atoms with van der Waals surface area (Å²) in [4.78, 5) is 52.8. The van der Waals surface area contributed by atoms with E-state index >= 15 is 0 Å². The smallest absolute Gasteiger partial charge is 0.408 e. The zero-order valence-electron chi connectivity index (χ0n) is 27.7. The molecule has 10 heteroatoms. The Hall–Kier alpha value is -3.59. The first-order chi connectivity index (χ1) is 22.5. The lowest BCUT2D eigenvalue weighted by Gasteiger charge is -2.36. The molecule has 3 N–H and O–H groups in total. The molecule has 1 heterocycles. The van der Waals surface area contributed by atoms with Crippen LogP contribution in [0.4, 0.5) is 4.79 Å². The molecular weight excluding hydrogens is 618 g/mol. The van der Waals surface area contributed by atoms with Crippen molar-refractivity contribution in [2.75, 3.05) is 13.7 Å². The molecule has 2 unspecified atom stereocenters. The average molecular weight is 666 g/mol. The van der Waals surface area contributed by atoms with Gasteiger partial charge < -0.3 is 25.4 Å². The standard InChI is InChI=1S/C37H48ClN3O6/c1-37(2,28-13-8-14-29(38)22-28)32(26-16-15-24-11-7-12-25(24)20-26)47-36(45)41-30(19-23-9-5-4-6-10-23)34(43)40-31(35(44)46-3)21-27-17-18-39-33(27)42/h8,13-16,20,22-23,27,30-32H,4-7,9-12,17-19,21H2,1-3H3,(H,39,42)(H,40,43)(H,41,45)/t27?,30-,31-,32?/m0/s1. The Kier molecular flexibility index (Phi) is 11.5. The fourth-order valence-corrected chi connectivity index (χ4v) is 7.67. The normalized spacial score (nSPS) is 20.0. The predicted molar refractivity (Wildman–Crippen MR) is 180 cm³/mol. The number of ether oxygens (including phenoxy) is 2. The predicted octanol–water partition coefficient (Wildman–Crippen LogP) is 6.10. The maximum absolute atomic E-state index is 13.9. The van der Waals surface area contributed by atoms with Crippen LogP contribution < -0.4 is 16.0 Å². The first kappa shape index (κ1) is 34.7. The molecule has 5 rings (SSSR count). The van der Waals surface area contributed by atoms with Crippen LogP contribution in [-0.2, 0) is 42.1 Å². The van der Waals surface area contributed by atoms with E-state index in [2.05, 4.69) is 28.1 Å². The number of fused-ring (bicyclic) bond motifs is 1. The van der Waals surface area contributed by atoms with Crippen LogP contribution in [0.15, 0.2) is 42.5 Å². The second-order valence-corrected chi connectivity index (χ2v) is 14.4. The van der Waals surface area contributed by atoms with Crippen molar-refractivity contribution in [3.8, 4) is 0 Å². The molecule has 254 valence electrons. The molecule has 0 bridgehead atoms. The zero-order valence-corrected chi connectivity index (χ0v) is 28.5. The van der Waals surface area contributed by atoms with Gasteiger partial charge in [0.25, 0.3) is 0 Å². The van der Waals surface area contributed by atoms with Crippen molar-refractivity contribution in [3.05, 3.63) is 69.7 Å². The van der Waals surface area contributed by atoms with Gasteiger partial charge >= 0.3 is 12.1 Å². The number of amides is 3. The molecule has 2 fully saturated rings. The highest BCUT2D eigenvalue weighted by atomic mass is 35.5. The van der Waals surface area contributed by atoms with Gasteiger partial charge in [-0.05, 0) is 78.8 Å². The number of carbonyl (C=O) groups excluding carboxylic acids is 4. The molecule has 3 aliphatic rings. The Labute approximate surface area is 282 Å². The lowest BCUT2D eigenvalue weighted by molar-refractivity contribution is -0.146. The third-order valence-electron chi connectivity index (χ3n) is 10.3. The van der Waals surface area contributed by atoms with E-state index in [-0.39, 0.29) is 18.2 Å². The average Bonchev–Trinajstić information content (AvgIpc) is 3.71. The molecule has 1 saturated heterocycles. The van der Waals surface area contributed by atoms with Gasteiger partial charge in [0.2, 0.25) is 11.8 Å². The van der Waals surface area contributed by atoms with E-state index < -0.39 is 47.5 Å². The Bertz CT molecular complexity index is 1460. The summed E-state index contributed by atoms with van der Waals surface area (Å²) in [7, 11) is 1.26. The van der Waals surface area contributed by atoms with Crippen LogP contribution in [-0.4, -0.2) is 49.6 Å². The van der Waals surface area contributed by atoms with Gasteiger partial charge in [0, 0.05) is 22.9 Å². The van der Waals surface area contributed by atoms with E-state index in [4.69, 9.17) is 21.1 Å². The van der Waals surface area contributed by atoms with Crippen LogP contribution >= 0.6 is 11.6 Å². The van der Waals surface area contributed by atoms with E-state index in [1.165, 1.54) is 18.2 Å². The number of rotatable bonds is 12. The number of nitrogens with one attached hydrogen (secondary N) is 3. The van der Waals surface area contributed by atoms with Crippen LogP contribution in [0.25, 0.3) is 0 Å². The summed E-state index contributed by atoms with van der Waals surface area (Å²) in [5.74, 6) is -1.43. The Morgan fingerprint density at radius 2 is 1.70 bits per heavy atom. The molecule has 1 aliphatic heterocycles. The monoisotopic (exact) mass is 665 g/mol. The summed E-state index contributed by atoms with van der Waals surface area (Å²) in [6.07, 6.45) is 8.03. The SMILES string of the molecule is COC(=O)[C@H](CC1CCNC1=O)NC(=O)[C@H](CC1CCCCC1)NC(=O)OC(c1ccc2c(c1)CCC2)C(C)(C)c1cccc(Cl)c1. The number of aryl methyl sites for hydroxylation is 2. The van der Waals surface area contributed by atoms with Crippen molar-refractivity contribution in [3.63, 3.8) is 0 Å². The van der Waals surface area contributed by atoms with Gasteiger partial charge in [0.1, 0.15) is 18.2 Å². The molecule has 2 aromatic carbocycles. The molecule has 2 aliphatic carbocycles. The molecule has 47 heavy (non-hydrogen) atoms. The number of alkyl carbamates (subject to hydrolysis) is 1.